The third-order valence-corrected chi connectivity index (χ3v) is 5.36. The maximum Gasteiger partial charge on any atom is 0.412 e. The Morgan fingerprint density at radius 2 is 1.21 bits per heavy atom. The van der Waals surface area contributed by atoms with Gasteiger partial charge >= 0.3 is 19.9 Å². The second kappa shape index (κ2) is 8.98. The van der Waals surface area contributed by atoms with E-state index in [0.717, 1.165) is 0 Å². The third kappa shape index (κ3) is 7.18. The molecule has 0 saturated carbocycles. The van der Waals surface area contributed by atoms with Crippen molar-refractivity contribution in [2.75, 3.05) is 18.5 Å². The standard InChI is InChI=1S/C17H16F6NO3P/c18-16(19,20)11-26-28(25,27-12-17(21,22)23)15(13-7-3-1-4-8-13)24-14-9-5-2-6-10-14/h1-10,15,24H,11-12H2. The Morgan fingerprint density at radius 3 is 1.64 bits per heavy atom. The van der Waals surface area contributed by atoms with Crippen molar-refractivity contribution in [1.82, 2.24) is 0 Å². The molecular formula is C17H16F6NO3P. The molecule has 1 unspecified atom stereocenters. The SMILES string of the molecule is O=P(OCC(F)(F)F)(OCC(F)(F)F)C(Nc1ccccc1)c1ccccc1. The molecule has 2 aromatic carbocycles. The van der Waals surface area contributed by atoms with E-state index < -0.39 is 38.9 Å². The number of hydrogen-bond donors (Lipinski definition) is 1. The summed E-state index contributed by atoms with van der Waals surface area (Å²) in [5.74, 6) is -1.60. The van der Waals surface area contributed by atoms with E-state index in [1.54, 1.807) is 24.3 Å². The molecule has 154 valence electrons. The molecule has 28 heavy (non-hydrogen) atoms. The van der Waals surface area contributed by atoms with Gasteiger partial charge in [0.2, 0.25) is 0 Å². The fourth-order valence-corrected chi connectivity index (χ4v) is 4.06. The molecule has 2 rings (SSSR count). The molecule has 2 aromatic rings. The van der Waals surface area contributed by atoms with E-state index in [-0.39, 0.29) is 5.56 Å². The van der Waals surface area contributed by atoms with Crippen molar-refractivity contribution >= 4 is 13.3 Å². The summed E-state index contributed by atoms with van der Waals surface area (Å²) < 4.78 is 97.6. The van der Waals surface area contributed by atoms with Crippen molar-refractivity contribution in [1.29, 1.82) is 0 Å². The van der Waals surface area contributed by atoms with Crippen LogP contribution < -0.4 is 5.32 Å². The van der Waals surface area contributed by atoms with Gasteiger partial charge < -0.3 is 5.32 Å². The molecule has 0 aromatic heterocycles. The summed E-state index contributed by atoms with van der Waals surface area (Å²) in [6.07, 6.45) is -9.82. The highest BCUT2D eigenvalue weighted by atomic mass is 31.2. The van der Waals surface area contributed by atoms with Crippen LogP contribution in [0, 0.1) is 0 Å². The monoisotopic (exact) mass is 427 g/mol. The molecule has 0 fully saturated rings. The highest BCUT2D eigenvalue weighted by molar-refractivity contribution is 7.54. The van der Waals surface area contributed by atoms with Crippen molar-refractivity contribution < 1.29 is 40.0 Å². The van der Waals surface area contributed by atoms with Crippen LogP contribution in [-0.2, 0) is 13.6 Å². The van der Waals surface area contributed by atoms with Crippen molar-refractivity contribution in [2.45, 2.75) is 18.1 Å². The van der Waals surface area contributed by atoms with Crippen LogP contribution in [0.2, 0.25) is 0 Å². The van der Waals surface area contributed by atoms with E-state index >= 15 is 0 Å². The highest BCUT2D eigenvalue weighted by Crippen LogP contribution is 2.61. The predicted molar refractivity (Wildman–Crippen MR) is 90.9 cm³/mol. The molecule has 0 aliphatic carbocycles. The van der Waals surface area contributed by atoms with Crippen LogP contribution in [0.1, 0.15) is 11.3 Å². The number of anilines is 1. The second-order valence-electron chi connectivity index (χ2n) is 5.64. The van der Waals surface area contributed by atoms with Gasteiger partial charge in [-0.15, -0.1) is 0 Å². The zero-order valence-electron chi connectivity index (χ0n) is 14.2. The lowest BCUT2D eigenvalue weighted by Crippen LogP contribution is -2.24. The van der Waals surface area contributed by atoms with Gasteiger partial charge in [-0.3, -0.25) is 13.6 Å². The van der Waals surface area contributed by atoms with E-state index in [9.17, 15) is 30.9 Å². The normalized spacial score (nSPS) is 13.9. The fraction of sp³-hybridized carbons (Fsp3) is 0.294. The molecule has 0 spiro atoms. The topological polar surface area (TPSA) is 47.6 Å². The Balaban J connectivity index is 2.42. The van der Waals surface area contributed by atoms with Gasteiger partial charge in [0.1, 0.15) is 0 Å². The zero-order chi connectivity index (χ0) is 20.8. The lowest BCUT2D eigenvalue weighted by molar-refractivity contribution is -0.165. The van der Waals surface area contributed by atoms with E-state index in [1.807, 2.05) is 0 Å². The summed E-state index contributed by atoms with van der Waals surface area (Å²) >= 11 is 0. The maximum absolute atomic E-state index is 13.1. The van der Waals surface area contributed by atoms with Gasteiger partial charge in [0.25, 0.3) is 0 Å². The average Bonchev–Trinajstić information content (AvgIpc) is 2.63. The Morgan fingerprint density at radius 1 is 0.786 bits per heavy atom. The number of nitrogens with one attached hydrogen (secondary N) is 1. The summed E-state index contributed by atoms with van der Waals surface area (Å²) in [4.78, 5) is 0. The fourth-order valence-electron chi connectivity index (χ4n) is 2.19. The van der Waals surface area contributed by atoms with E-state index in [4.69, 9.17) is 0 Å². The first-order valence-electron chi connectivity index (χ1n) is 7.87. The maximum atomic E-state index is 13.1. The van der Waals surface area contributed by atoms with Gasteiger partial charge in [-0.25, -0.2) is 0 Å². The number of halogens is 6. The zero-order valence-corrected chi connectivity index (χ0v) is 15.1. The number of hydrogen-bond acceptors (Lipinski definition) is 4. The summed E-state index contributed by atoms with van der Waals surface area (Å²) in [6.45, 7) is -4.05. The summed E-state index contributed by atoms with van der Waals surface area (Å²) in [5.41, 5.74) is 0.446. The van der Waals surface area contributed by atoms with Crippen LogP contribution in [0.15, 0.2) is 60.7 Å². The van der Waals surface area contributed by atoms with E-state index in [2.05, 4.69) is 14.4 Å². The molecule has 4 nitrogen and oxygen atoms in total. The van der Waals surface area contributed by atoms with Gasteiger partial charge in [0.15, 0.2) is 19.0 Å². The molecule has 0 aliphatic heterocycles. The second-order valence-corrected chi connectivity index (χ2v) is 7.75. The van der Waals surface area contributed by atoms with E-state index in [0.29, 0.717) is 5.69 Å². The molecule has 0 saturated heterocycles. The highest BCUT2D eigenvalue weighted by Gasteiger charge is 2.44. The Bertz CT molecular complexity index is 761. The molecule has 1 N–H and O–H groups in total. The van der Waals surface area contributed by atoms with Crippen molar-refractivity contribution in [2.24, 2.45) is 0 Å². The first kappa shape index (κ1) is 22.3. The molecular weight excluding hydrogens is 411 g/mol. The lowest BCUT2D eigenvalue weighted by Gasteiger charge is -2.29. The Labute approximate surface area is 157 Å². The van der Waals surface area contributed by atoms with Gasteiger partial charge in [0, 0.05) is 5.69 Å². The summed E-state index contributed by atoms with van der Waals surface area (Å²) in [7, 11) is -4.96. The van der Waals surface area contributed by atoms with Gasteiger partial charge in [-0.05, 0) is 17.7 Å². The summed E-state index contributed by atoms with van der Waals surface area (Å²) in [5, 5.41) is 2.66. The number of para-hydroxylation sites is 1. The minimum Gasteiger partial charge on any atom is -0.368 e. The predicted octanol–water partition coefficient (Wildman–Crippen LogP) is 6.15. The van der Waals surface area contributed by atoms with Gasteiger partial charge in [-0.1, -0.05) is 48.5 Å². The van der Waals surface area contributed by atoms with Crippen LogP contribution >= 0.6 is 7.60 Å². The van der Waals surface area contributed by atoms with Crippen LogP contribution in [0.5, 0.6) is 0 Å². The minimum absolute atomic E-state index is 0.138. The average molecular weight is 427 g/mol. The lowest BCUT2D eigenvalue weighted by atomic mass is 10.2. The van der Waals surface area contributed by atoms with Crippen molar-refractivity contribution in [3.63, 3.8) is 0 Å². The largest absolute Gasteiger partial charge is 0.412 e. The van der Waals surface area contributed by atoms with Crippen molar-refractivity contribution in [3.05, 3.63) is 66.2 Å². The van der Waals surface area contributed by atoms with Gasteiger partial charge in [0.05, 0.1) is 0 Å². The molecule has 11 heteroatoms. The van der Waals surface area contributed by atoms with Crippen LogP contribution in [-0.4, -0.2) is 25.6 Å². The minimum atomic E-state index is -4.96. The van der Waals surface area contributed by atoms with Gasteiger partial charge in [-0.2, -0.15) is 26.3 Å². The van der Waals surface area contributed by atoms with E-state index in [1.165, 1.54) is 36.4 Å². The molecule has 0 radical (unpaired) electrons. The van der Waals surface area contributed by atoms with Crippen molar-refractivity contribution in [3.8, 4) is 0 Å². The van der Waals surface area contributed by atoms with Crippen LogP contribution in [0.25, 0.3) is 0 Å². The Hall–Kier alpha value is -2.03. The number of rotatable bonds is 8. The van der Waals surface area contributed by atoms with Crippen LogP contribution in [0.4, 0.5) is 32.0 Å². The quantitative estimate of drug-likeness (QED) is 0.406. The number of alkyl halides is 6. The molecule has 0 amide bonds. The first-order chi connectivity index (χ1) is 13.0. The third-order valence-electron chi connectivity index (χ3n) is 3.33. The van der Waals surface area contributed by atoms with Crippen LogP contribution in [0.3, 0.4) is 0 Å². The molecule has 0 aliphatic rings. The number of benzene rings is 2. The first-order valence-corrected chi connectivity index (χ1v) is 9.48. The molecule has 0 bridgehead atoms. The smallest absolute Gasteiger partial charge is 0.368 e. The Kier molecular flexibility index (Phi) is 7.14. The summed E-state index contributed by atoms with van der Waals surface area (Å²) in [6, 6.07) is 15.2. The molecule has 1 atom stereocenters. The molecule has 0 heterocycles.